The summed E-state index contributed by atoms with van der Waals surface area (Å²) in [5.74, 6) is -2.08. The van der Waals surface area contributed by atoms with Gasteiger partial charge in [-0.2, -0.15) is 0 Å². The SMILES string of the molecule is CCOC(=O)C[C@H](NC(=O)[C@@H](O)CC(C)C)C(N)=O. The van der Waals surface area contributed by atoms with Crippen LogP contribution in [0.5, 0.6) is 0 Å². The number of carbonyl (C=O) groups excluding carboxylic acids is 3. The van der Waals surface area contributed by atoms with Crippen LogP contribution in [-0.4, -0.2) is 41.6 Å². The zero-order chi connectivity index (χ0) is 15.0. The van der Waals surface area contributed by atoms with Crippen molar-refractivity contribution in [3.63, 3.8) is 0 Å². The molecule has 0 radical (unpaired) electrons. The second-order valence-electron chi connectivity index (χ2n) is 4.62. The fraction of sp³-hybridized carbons (Fsp3) is 0.750. The minimum absolute atomic E-state index is 0.123. The molecule has 7 nitrogen and oxygen atoms in total. The van der Waals surface area contributed by atoms with Gasteiger partial charge < -0.3 is 20.9 Å². The minimum atomic E-state index is -1.23. The predicted molar refractivity (Wildman–Crippen MR) is 67.8 cm³/mol. The summed E-state index contributed by atoms with van der Waals surface area (Å²) < 4.78 is 4.67. The van der Waals surface area contributed by atoms with Gasteiger partial charge >= 0.3 is 5.97 Å². The Kier molecular flexibility index (Phi) is 7.74. The molecule has 0 bridgehead atoms. The van der Waals surface area contributed by atoms with Gasteiger partial charge in [-0.3, -0.25) is 14.4 Å². The first-order valence-corrected chi connectivity index (χ1v) is 6.21. The van der Waals surface area contributed by atoms with Crippen molar-refractivity contribution in [3.8, 4) is 0 Å². The summed E-state index contributed by atoms with van der Waals surface area (Å²) >= 11 is 0. The number of carbonyl (C=O) groups is 3. The van der Waals surface area contributed by atoms with Crippen molar-refractivity contribution in [2.75, 3.05) is 6.61 Å². The van der Waals surface area contributed by atoms with Crippen LogP contribution in [0.4, 0.5) is 0 Å². The largest absolute Gasteiger partial charge is 0.466 e. The van der Waals surface area contributed by atoms with E-state index in [1.807, 2.05) is 13.8 Å². The molecule has 0 aliphatic carbocycles. The van der Waals surface area contributed by atoms with E-state index in [2.05, 4.69) is 10.1 Å². The van der Waals surface area contributed by atoms with Crippen molar-refractivity contribution in [3.05, 3.63) is 0 Å². The minimum Gasteiger partial charge on any atom is -0.466 e. The molecule has 19 heavy (non-hydrogen) atoms. The van der Waals surface area contributed by atoms with E-state index in [0.717, 1.165) is 0 Å². The summed E-state index contributed by atoms with van der Waals surface area (Å²) in [4.78, 5) is 34.0. The number of aliphatic hydroxyl groups excluding tert-OH is 1. The van der Waals surface area contributed by atoms with Crippen LogP contribution in [0.15, 0.2) is 0 Å². The van der Waals surface area contributed by atoms with Gasteiger partial charge in [-0.25, -0.2) is 0 Å². The number of nitrogens with two attached hydrogens (primary N) is 1. The molecule has 0 heterocycles. The van der Waals surface area contributed by atoms with Gasteiger partial charge in [0, 0.05) is 0 Å². The van der Waals surface area contributed by atoms with Gasteiger partial charge in [0.15, 0.2) is 0 Å². The summed E-state index contributed by atoms with van der Waals surface area (Å²) in [6, 6.07) is -1.17. The Morgan fingerprint density at radius 2 is 1.89 bits per heavy atom. The molecule has 0 saturated heterocycles. The Hall–Kier alpha value is -1.63. The number of hydrogen-bond donors (Lipinski definition) is 3. The average Bonchev–Trinajstić information content (AvgIpc) is 2.27. The molecule has 0 rings (SSSR count). The van der Waals surface area contributed by atoms with Crippen molar-refractivity contribution in [2.24, 2.45) is 11.7 Å². The highest BCUT2D eigenvalue weighted by atomic mass is 16.5. The Bertz CT molecular complexity index is 330. The molecule has 0 aliphatic rings. The summed E-state index contributed by atoms with van der Waals surface area (Å²) in [7, 11) is 0. The molecule has 2 amide bonds. The van der Waals surface area contributed by atoms with Crippen LogP contribution in [0.3, 0.4) is 0 Å². The Labute approximate surface area is 112 Å². The summed E-state index contributed by atoms with van der Waals surface area (Å²) in [5, 5.41) is 11.8. The van der Waals surface area contributed by atoms with Crippen LogP contribution >= 0.6 is 0 Å². The van der Waals surface area contributed by atoms with Crippen LogP contribution in [0.2, 0.25) is 0 Å². The molecule has 0 unspecified atom stereocenters. The first-order valence-electron chi connectivity index (χ1n) is 6.21. The fourth-order valence-corrected chi connectivity index (χ4v) is 1.43. The highest BCUT2D eigenvalue weighted by Gasteiger charge is 2.25. The van der Waals surface area contributed by atoms with Crippen LogP contribution in [0.25, 0.3) is 0 Å². The maximum absolute atomic E-state index is 11.6. The molecular formula is C12H22N2O5. The molecule has 0 saturated carbocycles. The number of aliphatic hydroxyl groups is 1. The molecule has 4 N–H and O–H groups in total. The molecule has 7 heteroatoms. The van der Waals surface area contributed by atoms with Crippen molar-refractivity contribution < 1.29 is 24.2 Å². The summed E-state index contributed by atoms with van der Waals surface area (Å²) in [5.41, 5.74) is 5.09. The predicted octanol–water partition coefficient (Wildman–Crippen LogP) is -0.683. The third-order valence-corrected chi connectivity index (χ3v) is 2.33. The number of primary amides is 1. The van der Waals surface area contributed by atoms with Gasteiger partial charge in [-0.1, -0.05) is 13.8 Å². The number of nitrogens with one attached hydrogen (secondary N) is 1. The number of esters is 1. The Morgan fingerprint density at radius 1 is 1.32 bits per heavy atom. The monoisotopic (exact) mass is 274 g/mol. The van der Waals surface area contributed by atoms with Crippen LogP contribution in [0, 0.1) is 5.92 Å². The van der Waals surface area contributed by atoms with E-state index in [0.29, 0.717) is 0 Å². The number of ether oxygens (including phenoxy) is 1. The summed E-state index contributed by atoms with van der Waals surface area (Å²) in [6.45, 7) is 5.50. The normalized spacial score (nSPS) is 13.7. The lowest BCUT2D eigenvalue weighted by molar-refractivity contribution is -0.145. The maximum atomic E-state index is 11.6. The van der Waals surface area contributed by atoms with E-state index in [9.17, 15) is 19.5 Å². The molecule has 0 aromatic rings. The lowest BCUT2D eigenvalue weighted by atomic mass is 10.0. The standard InChI is InChI=1S/C12H22N2O5/c1-4-19-10(16)6-8(11(13)17)14-12(18)9(15)5-7(2)3/h7-9,15H,4-6H2,1-3H3,(H2,13,17)(H,14,18)/t8-,9-/m0/s1. The zero-order valence-electron chi connectivity index (χ0n) is 11.5. The topological polar surface area (TPSA) is 119 Å². The van der Waals surface area contributed by atoms with Crippen molar-refractivity contribution in [2.45, 2.75) is 45.8 Å². The molecule has 0 spiro atoms. The lowest BCUT2D eigenvalue weighted by Crippen LogP contribution is -2.49. The van der Waals surface area contributed by atoms with Crippen LogP contribution in [-0.2, 0) is 19.1 Å². The number of rotatable bonds is 8. The first-order chi connectivity index (χ1) is 8.77. The quantitative estimate of drug-likeness (QED) is 0.506. The molecule has 2 atom stereocenters. The van der Waals surface area contributed by atoms with E-state index in [4.69, 9.17) is 5.73 Å². The smallest absolute Gasteiger partial charge is 0.308 e. The van der Waals surface area contributed by atoms with Crippen molar-refractivity contribution >= 4 is 17.8 Å². The van der Waals surface area contributed by atoms with E-state index >= 15 is 0 Å². The van der Waals surface area contributed by atoms with Gasteiger partial charge in [0.05, 0.1) is 13.0 Å². The van der Waals surface area contributed by atoms with Gasteiger partial charge in [-0.05, 0) is 19.3 Å². The van der Waals surface area contributed by atoms with Gasteiger partial charge in [0.2, 0.25) is 11.8 Å². The third-order valence-electron chi connectivity index (χ3n) is 2.33. The molecular weight excluding hydrogens is 252 g/mol. The highest BCUT2D eigenvalue weighted by Crippen LogP contribution is 2.05. The van der Waals surface area contributed by atoms with E-state index in [-0.39, 0.29) is 25.4 Å². The van der Waals surface area contributed by atoms with E-state index in [1.165, 1.54) is 0 Å². The van der Waals surface area contributed by atoms with Gasteiger partial charge in [-0.15, -0.1) is 0 Å². The average molecular weight is 274 g/mol. The molecule has 0 aromatic carbocycles. The maximum Gasteiger partial charge on any atom is 0.308 e. The Balaban J connectivity index is 4.46. The van der Waals surface area contributed by atoms with Crippen molar-refractivity contribution in [1.82, 2.24) is 5.32 Å². The number of amides is 2. The van der Waals surface area contributed by atoms with Gasteiger partial charge in [0.1, 0.15) is 12.1 Å². The lowest BCUT2D eigenvalue weighted by Gasteiger charge is -2.18. The molecule has 0 fully saturated rings. The highest BCUT2D eigenvalue weighted by molar-refractivity contribution is 5.91. The van der Waals surface area contributed by atoms with Crippen molar-refractivity contribution in [1.29, 1.82) is 0 Å². The first kappa shape index (κ1) is 17.4. The fourth-order valence-electron chi connectivity index (χ4n) is 1.43. The zero-order valence-corrected chi connectivity index (χ0v) is 11.5. The number of hydrogen-bond acceptors (Lipinski definition) is 5. The third kappa shape index (κ3) is 7.40. The van der Waals surface area contributed by atoms with E-state index in [1.54, 1.807) is 6.92 Å². The second-order valence-corrected chi connectivity index (χ2v) is 4.62. The Morgan fingerprint density at radius 3 is 2.32 bits per heavy atom. The molecule has 0 aliphatic heterocycles. The summed E-state index contributed by atoms with van der Waals surface area (Å²) in [6.07, 6.45) is -1.32. The molecule has 0 aromatic heterocycles. The van der Waals surface area contributed by atoms with Crippen LogP contribution < -0.4 is 11.1 Å². The molecule has 110 valence electrons. The second kappa shape index (κ2) is 8.47. The van der Waals surface area contributed by atoms with Gasteiger partial charge in [0.25, 0.3) is 0 Å². The van der Waals surface area contributed by atoms with E-state index < -0.39 is 29.9 Å². The van der Waals surface area contributed by atoms with Crippen LogP contribution in [0.1, 0.15) is 33.6 Å².